The first-order chi connectivity index (χ1) is 8.22. The van der Waals surface area contributed by atoms with Crippen molar-refractivity contribution in [1.29, 1.82) is 0 Å². The molecule has 1 atom stereocenters. The molecule has 1 heterocycles. The number of furan rings is 1. The van der Waals surface area contributed by atoms with Crippen molar-refractivity contribution in [2.75, 3.05) is 6.61 Å². The number of aliphatic hydroxyl groups excluding tert-OH is 1. The molecular weight excluding hydrogens is 216 g/mol. The zero-order valence-electron chi connectivity index (χ0n) is 10.0. The van der Waals surface area contributed by atoms with E-state index >= 15 is 0 Å². The molecule has 90 valence electrons. The molecule has 0 saturated carbocycles. The summed E-state index contributed by atoms with van der Waals surface area (Å²) in [7, 11) is 0. The van der Waals surface area contributed by atoms with E-state index in [0.29, 0.717) is 12.4 Å². The second-order valence-electron chi connectivity index (χ2n) is 3.87. The number of aryl methyl sites for hydroxylation is 1. The Hall–Kier alpha value is -1.74. The average Bonchev–Trinajstić information content (AvgIpc) is 2.76. The minimum atomic E-state index is -0.722. The highest BCUT2D eigenvalue weighted by Gasteiger charge is 2.15. The standard InChI is InChI=1S/C14H16O3/c1-3-16-12-6-4-11(5-7-12)13(15)14-10(2)8-9-17-14/h4-9,13,15H,3H2,1-2H3. The Labute approximate surface area is 101 Å². The van der Waals surface area contributed by atoms with E-state index in [4.69, 9.17) is 9.15 Å². The topological polar surface area (TPSA) is 42.6 Å². The minimum Gasteiger partial charge on any atom is -0.494 e. The lowest BCUT2D eigenvalue weighted by atomic mass is 10.1. The molecule has 0 aliphatic rings. The predicted octanol–water partition coefficient (Wildman–Crippen LogP) is 3.07. The fourth-order valence-electron chi connectivity index (χ4n) is 1.73. The molecule has 0 radical (unpaired) electrons. The molecule has 1 unspecified atom stereocenters. The van der Waals surface area contributed by atoms with E-state index in [1.54, 1.807) is 6.26 Å². The van der Waals surface area contributed by atoms with Gasteiger partial charge in [-0.15, -0.1) is 0 Å². The third-order valence-electron chi connectivity index (χ3n) is 2.66. The van der Waals surface area contributed by atoms with Gasteiger partial charge in [0.15, 0.2) is 0 Å². The summed E-state index contributed by atoms with van der Waals surface area (Å²) < 4.78 is 10.6. The van der Waals surface area contributed by atoms with Crippen molar-refractivity contribution >= 4 is 0 Å². The Morgan fingerprint density at radius 1 is 1.24 bits per heavy atom. The monoisotopic (exact) mass is 232 g/mol. The van der Waals surface area contributed by atoms with Crippen LogP contribution in [-0.2, 0) is 0 Å². The van der Waals surface area contributed by atoms with E-state index in [-0.39, 0.29) is 0 Å². The molecule has 0 amide bonds. The van der Waals surface area contributed by atoms with Crippen LogP contribution in [-0.4, -0.2) is 11.7 Å². The molecule has 0 saturated heterocycles. The van der Waals surface area contributed by atoms with E-state index in [0.717, 1.165) is 16.9 Å². The lowest BCUT2D eigenvalue weighted by molar-refractivity contribution is 0.188. The average molecular weight is 232 g/mol. The number of benzene rings is 1. The van der Waals surface area contributed by atoms with Gasteiger partial charge in [-0.2, -0.15) is 0 Å². The molecule has 0 aliphatic carbocycles. The predicted molar refractivity (Wildman–Crippen MR) is 65.1 cm³/mol. The highest BCUT2D eigenvalue weighted by Crippen LogP contribution is 2.26. The van der Waals surface area contributed by atoms with Crippen LogP contribution in [0.15, 0.2) is 41.0 Å². The number of rotatable bonds is 4. The van der Waals surface area contributed by atoms with Gasteiger partial charge in [0.05, 0.1) is 12.9 Å². The van der Waals surface area contributed by atoms with Crippen LogP contribution in [0.1, 0.15) is 29.9 Å². The van der Waals surface area contributed by atoms with Gasteiger partial charge in [-0.25, -0.2) is 0 Å². The fraction of sp³-hybridized carbons (Fsp3) is 0.286. The summed E-state index contributed by atoms with van der Waals surface area (Å²) in [5.41, 5.74) is 1.75. The smallest absolute Gasteiger partial charge is 0.139 e. The van der Waals surface area contributed by atoms with Crippen LogP contribution in [0.2, 0.25) is 0 Å². The van der Waals surface area contributed by atoms with Gasteiger partial charge in [0, 0.05) is 0 Å². The summed E-state index contributed by atoms with van der Waals surface area (Å²) in [5.74, 6) is 1.40. The number of hydrogen-bond donors (Lipinski definition) is 1. The van der Waals surface area contributed by atoms with Crippen molar-refractivity contribution in [2.45, 2.75) is 20.0 Å². The van der Waals surface area contributed by atoms with Crippen molar-refractivity contribution in [1.82, 2.24) is 0 Å². The molecule has 1 aromatic heterocycles. The Kier molecular flexibility index (Phi) is 3.49. The quantitative estimate of drug-likeness (QED) is 0.880. The largest absolute Gasteiger partial charge is 0.494 e. The number of aliphatic hydroxyl groups is 1. The van der Waals surface area contributed by atoms with Crippen molar-refractivity contribution in [3.8, 4) is 5.75 Å². The van der Waals surface area contributed by atoms with E-state index in [2.05, 4.69) is 0 Å². The van der Waals surface area contributed by atoms with Crippen LogP contribution in [0.3, 0.4) is 0 Å². The maximum absolute atomic E-state index is 10.1. The molecular formula is C14H16O3. The third-order valence-corrected chi connectivity index (χ3v) is 2.66. The highest BCUT2D eigenvalue weighted by molar-refractivity contribution is 5.33. The molecule has 0 aliphatic heterocycles. The molecule has 0 spiro atoms. The van der Waals surface area contributed by atoms with E-state index in [9.17, 15) is 5.11 Å². The van der Waals surface area contributed by atoms with E-state index in [1.165, 1.54) is 0 Å². The maximum atomic E-state index is 10.1. The van der Waals surface area contributed by atoms with Gasteiger partial charge in [-0.3, -0.25) is 0 Å². The summed E-state index contributed by atoms with van der Waals surface area (Å²) in [6.45, 7) is 4.49. The Morgan fingerprint density at radius 3 is 2.47 bits per heavy atom. The summed E-state index contributed by atoms with van der Waals surface area (Å²) >= 11 is 0. The minimum absolute atomic E-state index is 0.592. The second-order valence-corrected chi connectivity index (χ2v) is 3.87. The molecule has 1 N–H and O–H groups in total. The number of hydrogen-bond acceptors (Lipinski definition) is 3. The van der Waals surface area contributed by atoms with Gasteiger partial charge in [-0.05, 0) is 43.2 Å². The van der Waals surface area contributed by atoms with Gasteiger partial charge in [-0.1, -0.05) is 12.1 Å². The van der Waals surface area contributed by atoms with Crippen LogP contribution in [0, 0.1) is 6.92 Å². The highest BCUT2D eigenvalue weighted by atomic mass is 16.5. The summed E-state index contributed by atoms with van der Waals surface area (Å²) in [6.07, 6.45) is 0.864. The molecule has 2 aromatic rings. The van der Waals surface area contributed by atoms with Gasteiger partial charge >= 0.3 is 0 Å². The van der Waals surface area contributed by atoms with Crippen LogP contribution in [0.25, 0.3) is 0 Å². The van der Waals surface area contributed by atoms with Crippen LogP contribution in [0.4, 0.5) is 0 Å². The zero-order chi connectivity index (χ0) is 12.3. The maximum Gasteiger partial charge on any atom is 0.139 e. The molecule has 1 aromatic carbocycles. The number of ether oxygens (including phenoxy) is 1. The van der Waals surface area contributed by atoms with E-state index < -0.39 is 6.10 Å². The lowest BCUT2D eigenvalue weighted by Crippen LogP contribution is -2.00. The SMILES string of the molecule is CCOc1ccc(C(O)c2occc2C)cc1. The van der Waals surface area contributed by atoms with Crippen molar-refractivity contribution < 1.29 is 14.3 Å². The van der Waals surface area contributed by atoms with Crippen LogP contribution >= 0.6 is 0 Å². The van der Waals surface area contributed by atoms with Crippen molar-refractivity contribution in [3.63, 3.8) is 0 Å². The Bertz CT molecular complexity index is 470. The molecule has 0 fully saturated rings. The first kappa shape index (κ1) is 11.7. The Balaban J connectivity index is 2.20. The third kappa shape index (κ3) is 2.50. The van der Waals surface area contributed by atoms with Gasteiger partial charge in [0.2, 0.25) is 0 Å². The molecule has 17 heavy (non-hydrogen) atoms. The lowest BCUT2D eigenvalue weighted by Gasteiger charge is -2.10. The van der Waals surface area contributed by atoms with Gasteiger partial charge in [0.1, 0.15) is 17.6 Å². The molecule has 3 nitrogen and oxygen atoms in total. The Morgan fingerprint density at radius 2 is 1.94 bits per heavy atom. The fourth-order valence-corrected chi connectivity index (χ4v) is 1.73. The van der Waals surface area contributed by atoms with Crippen LogP contribution in [0.5, 0.6) is 5.75 Å². The second kappa shape index (κ2) is 5.06. The van der Waals surface area contributed by atoms with Gasteiger partial charge in [0.25, 0.3) is 0 Å². The van der Waals surface area contributed by atoms with Crippen LogP contribution < -0.4 is 4.74 Å². The first-order valence-electron chi connectivity index (χ1n) is 5.67. The molecule has 3 heteroatoms. The van der Waals surface area contributed by atoms with E-state index in [1.807, 2.05) is 44.2 Å². The first-order valence-corrected chi connectivity index (χ1v) is 5.67. The summed E-state index contributed by atoms with van der Waals surface area (Å²) in [5, 5.41) is 10.1. The normalized spacial score (nSPS) is 12.4. The summed E-state index contributed by atoms with van der Waals surface area (Å²) in [4.78, 5) is 0. The molecule has 2 rings (SSSR count). The van der Waals surface area contributed by atoms with Gasteiger partial charge < -0.3 is 14.3 Å². The summed E-state index contributed by atoms with van der Waals surface area (Å²) in [6, 6.07) is 9.23. The zero-order valence-corrected chi connectivity index (χ0v) is 10.0. The van der Waals surface area contributed by atoms with Crippen molar-refractivity contribution in [3.05, 3.63) is 53.5 Å². The van der Waals surface area contributed by atoms with Crippen molar-refractivity contribution in [2.24, 2.45) is 0 Å². The molecule has 0 bridgehead atoms.